The number of esters is 1. The Morgan fingerprint density at radius 2 is 1.32 bits per heavy atom. The maximum absolute atomic E-state index is 12.5. The molecule has 3 atom stereocenters. The third kappa shape index (κ3) is 12.9. The van der Waals surface area contributed by atoms with Crippen LogP contribution in [0.2, 0.25) is 0 Å². The van der Waals surface area contributed by atoms with Crippen molar-refractivity contribution < 1.29 is 42.2 Å². The van der Waals surface area contributed by atoms with E-state index in [9.17, 15) is 19.2 Å². The predicted molar refractivity (Wildman–Crippen MR) is 127 cm³/mol. The van der Waals surface area contributed by atoms with Gasteiger partial charge in [0.05, 0.1) is 53.3 Å². The van der Waals surface area contributed by atoms with E-state index in [0.29, 0.717) is 12.4 Å². The molecule has 0 radical (unpaired) electrons. The lowest BCUT2D eigenvalue weighted by Crippen LogP contribution is -2.47. The minimum absolute atomic E-state index is 0.0496. The highest BCUT2D eigenvalue weighted by molar-refractivity contribution is 8.00. The first-order valence-corrected chi connectivity index (χ1v) is 11.8. The van der Waals surface area contributed by atoms with Crippen LogP contribution in [0.5, 0.6) is 0 Å². The van der Waals surface area contributed by atoms with Crippen LogP contribution >= 0.6 is 40.2 Å². The summed E-state index contributed by atoms with van der Waals surface area (Å²) in [5.74, 6) is -3.24. The SMILES string of the molecule is CC(C)(C)OCCC(C)(C)SCCC(=O)OC(CC(=O)OP)(CC(=O)OP)C(=O)OP. The number of ether oxygens (including phenoxy) is 2. The molecule has 9 nitrogen and oxygen atoms in total. The fraction of sp³-hybridized carbons (Fsp3) is 0.778. The highest BCUT2D eigenvalue weighted by Gasteiger charge is 2.48. The lowest BCUT2D eigenvalue weighted by atomic mass is 9.95. The standard InChI is InChI=1S/C18H33O9P3S/c1-16(2,3)23-8-7-17(4,5)31-9-6-12(19)24-18(15(22)27-30,10-13(20)25-28)11-14(21)26-29/h6-11,28-30H2,1-5H3. The largest absolute Gasteiger partial charge is 0.451 e. The molecule has 0 aromatic rings. The first kappa shape index (κ1) is 30.5. The molecule has 180 valence electrons. The molecule has 31 heavy (non-hydrogen) atoms. The second-order valence-electron chi connectivity index (χ2n) is 8.28. The molecule has 0 bridgehead atoms. The Kier molecular flexibility index (Phi) is 13.7. The third-order valence-electron chi connectivity index (χ3n) is 3.95. The van der Waals surface area contributed by atoms with Gasteiger partial charge in [-0.1, -0.05) is 13.8 Å². The molecule has 0 saturated heterocycles. The van der Waals surface area contributed by atoms with E-state index in [-0.39, 0.29) is 16.8 Å². The number of carbonyl (C=O) groups excluding carboxylic acids is 4. The van der Waals surface area contributed by atoms with Crippen LogP contribution < -0.4 is 0 Å². The van der Waals surface area contributed by atoms with Gasteiger partial charge in [0.25, 0.3) is 0 Å². The van der Waals surface area contributed by atoms with Crippen molar-refractivity contribution in [1.29, 1.82) is 0 Å². The van der Waals surface area contributed by atoms with Crippen molar-refractivity contribution in [3.63, 3.8) is 0 Å². The highest BCUT2D eigenvalue weighted by atomic mass is 32.2. The van der Waals surface area contributed by atoms with Gasteiger partial charge >= 0.3 is 23.9 Å². The molecule has 3 unspecified atom stereocenters. The van der Waals surface area contributed by atoms with Crippen molar-refractivity contribution in [3.8, 4) is 0 Å². The van der Waals surface area contributed by atoms with Gasteiger partial charge in [-0.05, 0) is 27.2 Å². The minimum Gasteiger partial charge on any atom is -0.451 e. The third-order valence-corrected chi connectivity index (χ3v) is 6.08. The van der Waals surface area contributed by atoms with E-state index in [2.05, 4.69) is 13.6 Å². The first-order chi connectivity index (χ1) is 14.2. The van der Waals surface area contributed by atoms with Gasteiger partial charge in [0.2, 0.25) is 5.60 Å². The first-order valence-electron chi connectivity index (χ1n) is 9.40. The van der Waals surface area contributed by atoms with E-state index in [1.165, 1.54) is 0 Å². The molecule has 0 fully saturated rings. The molecule has 13 heteroatoms. The van der Waals surface area contributed by atoms with E-state index in [4.69, 9.17) is 9.47 Å². The summed E-state index contributed by atoms with van der Waals surface area (Å²) in [5, 5.41) is 0. The Hall–Kier alpha value is -0.520. The Balaban J connectivity index is 5.07. The van der Waals surface area contributed by atoms with Gasteiger partial charge in [0.1, 0.15) is 0 Å². The molecule has 0 aromatic heterocycles. The summed E-state index contributed by atoms with van der Waals surface area (Å²) in [4.78, 5) is 48.4. The van der Waals surface area contributed by atoms with Crippen LogP contribution in [0.15, 0.2) is 0 Å². The smallest absolute Gasteiger partial charge is 0.354 e. The molecular weight excluding hydrogens is 485 g/mol. The summed E-state index contributed by atoms with van der Waals surface area (Å²) in [6, 6.07) is 0. The predicted octanol–water partition coefficient (Wildman–Crippen LogP) is 3.16. The zero-order chi connectivity index (χ0) is 24.3. The fourth-order valence-corrected chi connectivity index (χ4v) is 3.76. The van der Waals surface area contributed by atoms with Gasteiger partial charge in [-0.25, -0.2) is 4.79 Å². The molecule has 0 rings (SSSR count). The molecule has 0 amide bonds. The van der Waals surface area contributed by atoms with Crippen molar-refractivity contribution in [3.05, 3.63) is 0 Å². The number of thioether (sulfide) groups is 1. The molecular formula is C18H33O9P3S. The van der Waals surface area contributed by atoms with Crippen LogP contribution in [0.1, 0.15) is 60.3 Å². The van der Waals surface area contributed by atoms with E-state index < -0.39 is 42.3 Å². The quantitative estimate of drug-likeness (QED) is 0.266. The summed E-state index contributed by atoms with van der Waals surface area (Å²) in [6.45, 7) is 10.6. The topological polar surface area (TPSA) is 114 Å². The zero-order valence-electron chi connectivity index (χ0n) is 18.6. The van der Waals surface area contributed by atoms with Crippen LogP contribution in [0, 0.1) is 0 Å². The van der Waals surface area contributed by atoms with Crippen molar-refractivity contribution in [1.82, 2.24) is 0 Å². The van der Waals surface area contributed by atoms with Crippen molar-refractivity contribution >= 4 is 64.0 Å². The molecule has 0 N–H and O–H groups in total. The number of rotatable bonds is 13. The van der Waals surface area contributed by atoms with Gasteiger partial charge < -0.3 is 23.0 Å². The summed E-state index contributed by atoms with van der Waals surface area (Å²) < 4.78 is 24.4. The van der Waals surface area contributed by atoms with E-state index in [1.807, 2.05) is 34.6 Å². The van der Waals surface area contributed by atoms with E-state index in [1.54, 1.807) is 40.2 Å². The maximum atomic E-state index is 12.5. The van der Waals surface area contributed by atoms with E-state index >= 15 is 0 Å². The molecule has 0 aliphatic rings. The van der Waals surface area contributed by atoms with E-state index in [0.717, 1.165) is 6.42 Å². The second-order valence-corrected chi connectivity index (χ2v) is 10.8. The average molecular weight is 518 g/mol. The van der Waals surface area contributed by atoms with Crippen molar-refractivity contribution in [2.45, 2.75) is 76.3 Å². The van der Waals surface area contributed by atoms with Gasteiger partial charge in [-0.2, -0.15) is 11.8 Å². The van der Waals surface area contributed by atoms with Crippen molar-refractivity contribution in [2.24, 2.45) is 0 Å². The lowest BCUT2D eigenvalue weighted by molar-refractivity contribution is -0.182. The maximum Gasteiger partial charge on any atom is 0.354 e. The molecule has 0 saturated carbocycles. The van der Waals surface area contributed by atoms with Crippen molar-refractivity contribution in [2.75, 3.05) is 12.4 Å². The number of hydrogen-bond donors (Lipinski definition) is 0. The van der Waals surface area contributed by atoms with Crippen LogP contribution in [-0.2, 0) is 42.2 Å². The Morgan fingerprint density at radius 3 is 1.74 bits per heavy atom. The van der Waals surface area contributed by atoms with Gasteiger partial charge in [-0.3, -0.25) is 14.4 Å². The molecule has 0 aliphatic carbocycles. The van der Waals surface area contributed by atoms with Gasteiger partial charge in [-0.15, -0.1) is 0 Å². The van der Waals surface area contributed by atoms with Gasteiger partial charge in [0.15, 0.2) is 0 Å². The van der Waals surface area contributed by atoms with Crippen LogP contribution in [-0.4, -0.2) is 52.2 Å². The Morgan fingerprint density at radius 1 is 0.806 bits per heavy atom. The zero-order valence-corrected chi connectivity index (χ0v) is 22.8. The molecule has 0 aromatic carbocycles. The monoisotopic (exact) mass is 518 g/mol. The normalized spacial score (nSPS) is 12.1. The Bertz CT molecular complexity index is 617. The highest BCUT2D eigenvalue weighted by Crippen LogP contribution is 2.31. The average Bonchev–Trinajstić information content (AvgIpc) is 2.65. The Labute approximate surface area is 195 Å². The molecule has 0 heterocycles. The summed E-state index contributed by atoms with van der Waals surface area (Å²) in [6.07, 6.45) is -0.699. The van der Waals surface area contributed by atoms with Crippen LogP contribution in [0.4, 0.5) is 0 Å². The minimum atomic E-state index is -2.19. The van der Waals surface area contributed by atoms with Crippen LogP contribution in [0.3, 0.4) is 0 Å². The summed E-state index contributed by atoms with van der Waals surface area (Å²) in [7, 11) is 5.16. The fourth-order valence-electron chi connectivity index (χ4n) is 2.33. The summed E-state index contributed by atoms with van der Waals surface area (Å²) in [5.41, 5.74) is -2.42. The second kappa shape index (κ2) is 13.9. The lowest BCUT2D eigenvalue weighted by Gasteiger charge is -2.29. The van der Waals surface area contributed by atoms with Crippen LogP contribution in [0.25, 0.3) is 0 Å². The van der Waals surface area contributed by atoms with Gasteiger partial charge in [0, 0.05) is 17.1 Å². The number of hydrogen-bond acceptors (Lipinski definition) is 10. The number of carbonyl (C=O) groups is 4. The summed E-state index contributed by atoms with van der Waals surface area (Å²) >= 11 is 1.54. The molecule has 0 spiro atoms. The molecule has 0 aliphatic heterocycles.